The van der Waals surface area contributed by atoms with Crippen LogP contribution in [0.25, 0.3) is 43.1 Å². The molecule has 0 heterocycles. The van der Waals surface area contributed by atoms with E-state index in [4.69, 9.17) is 0 Å². The van der Waals surface area contributed by atoms with Crippen LogP contribution in [0.1, 0.15) is 11.1 Å². The van der Waals surface area contributed by atoms with E-state index in [9.17, 15) is 0 Å². The third kappa shape index (κ3) is 4.00. The van der Waals surface area contributed by atoms with E-state index >= 15 is 0 Å². The molecule has 6 rings (SSSR count). The topological polar surface area (TPSA) is 0 Å². The maximum atomic E-state index is 3.34. The van der Waals surface area contributed by atoms with Gasteiger partial charge in [-0.3, -0.25) is 0 Å². The number of benzene rings is 4. The van der Waals surface area contributed by atoms with Gasteiger partial charge in [0.25, 0.3) is 0 Å². The number of aryl methyl sites for hydroxylation is 2. The normalized spacial score (nSPS) is 10.7. The van der Waals surface area contributed by atoms with Crippen molar-refractivity contribution in [3.05, 3.63) is 108 Å². The second-order valence-electron chi connectivity index (χ2n) is 7.64. The summed E-state index contributed by atoms with van der Waals surface area (Å²) >= 11 is 1.30. The fourth-order valence-electron chi connectivity index (χ4n) is 4.23. The fourth-order valence-corrected chi connectivity index (χ4v) is 4.23. The summed E-state index contributed by atoms with van der Waals surface area (Å²) in [4.78, 5) is 0. The van der Waals surface area contributed by atoms with Gasteiger partial charge in [0.05, 0.1) is 0 Å². The zero-order valence-electron chi connectivity index (χ0n) is 17.4. The van der Waals surface area contributed by atoms with Crippen molar-refractivity contribution in [1.29, 1.82) is 0 Å². The third-order valence-corrected chi connectivity index (χ3v) is 5.52. The van der Waals surface area contributed by atoms with Crippen molar-refractivity contribution in [2.45, 2.75) is 13.8 Å². The molecule has 0 fully saturated rings. The second kappa shape index (κ2) is 9.03. The van der Waals surface area contributed by atoms with Crippen LogP contribution in [0.5, 0.6) is 0 Å². The molecule has 0 aliphatic heterocycles. The molecule has 0 unspecified atom stereocenters. The van der Waals surface area contributed by atoms with Gasteiger partial charge in [0.1, 0.15) is 0 Å². The van der Waals surface area contributed by atoms with Gasteiger partial charge >= 0.3 is 28.4 Å². The average molecular weight is 464 g/mol. The molecule has 1 heteroatoms. The van der Waals surface area contributed by atoms with E-state index in [0.29, 0.717) is 0 Å². The first-order valence-corrected chi connectivity index (χ1v) is 11.9. The molecule has 0 aromatic heterocycles. The van der Waals surface area contributed by atoms with Gasteiger partial charge in [0, 0.05) is 0 Å². The van der Waals surface area contributed by atoms with Crippen molar-refractivity contribution in [3.63, 3.8) is 0 Å². The Hall–Kier alpha value is -2.63. The van der Waals surface area contributed by atoms with Gasteiger partial charge in [-0.1, -0.05) is 96.1 Å². The molecule has 0 aliphatic rings. The number of fused-ring (bicyclic) bond motifs is 6. The summed E-state index contributed by atoms with van der Waals surface area (Å²) in [6.45, 7) is 4.30. The van der Waals surface area contributed by atoms with E-state index in [1.54, 1.807) is 0 Å². The fraction of sp³-hybridized carbons (Fsp3) is 0.0690. The van der Waals surface area contributed by atoms with Gasteiger partial charge < -0.3 is 0 Å². The van der Waals surface area contributed by atoms with Crippen molar-refractivity contribution in [2.24, 2.45) is 0 Å². The quantitative estimate of drug-likeness (QED) is 0.200. The van der Waals surface area contributed by atoms with E-state index in [2.05, 4.69) is 115 Å². The van der Waals surface area contributed by atoms with Crippen LogP contribution in [0.2, 0.25) is 0 Å². The van der Waals surface area contributed by atoms with E-state index < -0.39 is 0 Å². The molecule has 144 valence electrons. The summed E-state index contributed by atoms with van der Waals surface area (Å²) in [5.41, 5.74) is 2.69. The average Bonchev–Trinajstić information content (AvgIpc) is 3.37. The Bertz CT molecular complexity index is 1330. The number of hydrogen-bond acceptors (Lipinski definition) is 0. The number of rotatable bonds is 0. The zero-order valence-corrected chi connectivity index (χ0v) is 19.9. The van der Waals surface area contributed by atoms with Crippen molar-refractivity contribution >= 4 is 47.3 Å². The predicted octanol–water partition coefficient (Wildman–Crippen LogP) is 8.01. The molecule has 0 radical (unpaired) electrons. The monoisotopic (exact) mass is 462 g/mol. The summed E-state index contributed by atoms with van der Waals surface area (Å²) in [6.07, 6.45) is 0. The zero-order chi connectivity index (χ0) is 21.1. The second-order valence-corrected chi connectivity index (χ2v) is 7.64. The minimum atomic E-state index is 1.30. The van der Waals surface area contributed by atoms with Gasteiger partial charge in [-0.05, 0) is 0 Å². The minimum absolute atomic E-state index is 1.30. The molecule has 0 aliphatic carbocycles. The van der Waals surface area contributed by atoms with Gasteiger partial charge in [0.2, 0.25) is 0 Å². The molecule has 0 bridgehead atoms. The van der Waals surface area contributed by atoms with Crippen LogP contribution in [0.3, 0.4) is 0 Å². The molecular formula is C29H24Zr. The van der Waals surface area contributed by atoms with Crippen molar-refractivity contribution in [3.8, 4) is 0 Å². The van der Waals surface area contributed by atoms with E-state index in [0.717, 1.165) is 0 Å². The van der Waals surface area contributed by atoms with E-state index in [1.165, 1.54) is 78.5 Å². The van der Waals surface area contributed by atoms with Crippen LogP contribution < -0.4 is 0 Å². The van der Waals surface area contributed by atoms with Crippen LogP contribution in [0.4, 0.5) is 0 Å². The molecule has 0 nitrogen and oxygen atoms in total. The summed E-state index contributed by atoms with van der Waals surface area (Å²) in [7, 11) is 0. The summed E-state index contributed by atoms with van der Waals surface area (Å²) in [5.74, 6) is 0. The van der Waals surface area contributed by atoms with Crippen LogP contribution in [0, 0.1) is 13.8 Å². The Balaban J connectivity index is 0.000000134. The molecule has 0 saturated carbocycles. The molecule has 0 spiro atoms. The predicted molar refractivity (Wildman–Crippen MR) is 131 cm³/mol. The van der Waals surface area contributed by atoms with Gasteiger partial charge in [0.15, 0.2) is 0 Å². The van der Waals surface area contributed by atoms with Crippen molar-refractivity contribution in [1.82, 2.24) is 0 Å². The summed E-state index contributed by atoms with van der Waals surface area (Å²) < 4.78 is 3.34. The van der Waals surface area contributed by atoms with Crippen LogP contribution >= 0.6 is 0 Å². The molecule has 0 N–H and O–H groups in total. The first kappa shape index (κ1) is 20.6. The maximum absolute atomic E-state index is 3.34. The Kier molecular flexibility index (Phi) is 6.21. The summed E-state index contributed by atoms with van der Waals surface area (Å²) in [6, 6.07) is 34.9. The van der Waals surface area contributed by atoms with Gasteiger partial charge in [-0.15, -0.1) is 56.9 Å². The van der Waals surface area contributed by atoms with Gasteiger partial charge in [-0.25, -0.2) is 0 Å². The molecular weight excluding hydrogens is 440 g/mol. The Morgan fingerprint density at radius 1 is 0.533 bits per heavy atom. The van der Waals surface area contributed by atoms with Crippen LogP contribution in [-0.4, -0.2) is 4.21 Å². The Morgan fingerprint density at radius 2 is 0.900 bits per heavy atom. The molecule has 0 amide bonds. The third-order valence-electron chi connectivity index (χ3n) is 5.52. The molecule has 0 atom stereocenters. The molecule has 30 heavy (non-hydrogen) atoms. The Morgan fingerprint density at radius 3 is 1.33 bits per heavy atom. The first-order chi connectivity index (χ1) is 14.7. The van der Waals surface area contributed by atoms with E-state index in [-0.39, 0.29) is 0 Å². The van der Waals surface area contributed by atoms with Crippen molar-refractivity contribution < 1.29 is 24.2 Å². The van der Waals surface area contributed by atoms with Crippen LogP contribution in [0.15, 0.2) is 97.1 Å². The summed E-state index contributed by atoms with van der Waals surface area (Å²) in [5, 5.41) is 10.8. The standard InChI is InChI=1S/2C14H11.CH2.Zr/c2*1-10-8-12-7-6-11-4-2-3-5-13(11)14(12)9-10;;/h2*2-9H,1H3;1H2;/q2*-1;;+2. The van der Waals surface area contributed by atoms with Crippen LogP contribution in [-0.2, 0) is 24.2 Å². The van der Waals surface area contributed by atoms with Crippen molar-refractivity contribution in [2.75, 3.05) is 0 Å². The molecule has 6 aromatic rings. The molecule has 6 aromatic carbocycles. The van der Waals surface area contributed by atoms with E-state index in [1.807, 2.05) is 0 Å². The SMILES string of the molecule is Cc1cc2ccc3ccccc3c2[cH-]1.Cc1cc2ccc3ccccc3c2[cH-]1.[CH2]=[Zr+2]. The Labute approximate surface area is 192 Å². The van der Waals surface area contributed by atoms with Gasteiger partial charge in [-0.2, -0.15) is 12.1 Å². The first-order valence-electron chi connectivity index (χ1n) is 10.1. The number of hydrogen-bond donors (Lipinski definition) is 0. The molecule has 0 saturated heterocycles.